The Labute approximate surface area is 123 Å². The second-order valence-electron chi connectivity index (χ2n) is 5.60. The van der Waals surface area contributed by atoms with Crippen LogP contribution in [-0.4, -0.2) is 34.5 Å². The van der Waals surface area contributed by atoms with Crippen LogP contribution in [0, 0.1) is 11.7 Å². The number of hydrogen-bond donors (Lipinski definition) is 1. The van der Waals surface area contributed by atoms with Gasteiger partial charge in [-0.25, -0.2) is 9.18 Å². The third-order valence-corrected chi connectivity index (χ3v) is 4.00. The Hall–Kier alpha value is -1.91. The largest absolute Gasteiger partial charge is 0.480 e. The molecule has 1 saturated heterocycles. The summed E-state index contributed by atoms with van der Waals surface area (Å²) >= 11 is 0. The zero-order chi connectivity index (χ0) is 15.4. The fraction of sp³-hybridized carbons (Fsp3) is 0.500. The van der Waals surface area contributed by atoms with E-state index in [1.54, 1.807) is 13.0 Å². The van der Waals surface area contributed by atoms with Crippen LogP contribution in [-0.2, 0) is 16.0 Å². The molecule has 1 fully saturated rings. The van der Waals surface area contributed by atoms with Crippen molar-refractivity contribution in [1.82, 2.24) is 4.90 Å². The van der Waals surface area contributed by atoms with Gasteiger partial charge in [-0.1, -0.05) is 19.1 Å². The second-order valence-corrected chi connectivity index (χ2v) is 5.60. The number of benzene rings is 1. The van der Waals surface area contributed by atoms with Crippen LogP contribution in [0.1, 0.15) is 31.7 Å². The van der Waals surface area contributed by atoms with E-state index in [9.17, 15) is 14.0 Å². The van der Waals surface area contributed by atoms with Gasteiger partial charge in [-0.2, -0.15) is 0 Å². The molecule has 21 heavy (non-hydrogen) atoms. The Balaban J connectivity index is 1.92. The molecule has 5 heteroatoms. The first-order valence-electron chi connectivity index (χ1n) is 7.26. The molecule has 1 aliphatic rings. The number of rotatable bonds is 5. The third kappa shape index (κ3) is 3.80. The summed E-state index contributed by atoms with van der Waals surface area (Å²) in [4.78, 5) is 24.9. The smallest absolute Gasteiger partial charge is 0.326 e. The van der Waals surface area contributed by atoms with Gasteiger partial charge in [0.25, 0.3) is 0 Å². The van der Waals surface area contributed by atoms with E-state index in [1.165, 1.54) is 17.0 Å². The van der Waals surface area contributed by atoms with Crippen molar-refractivity contribution in [3.63, 3.8) is 0 Å². The fourth-order valence-electron chi connectivity index (χ4n) is 2.77. The molecule has 0 radical (unpaired) electrons. The summed E-state index contributed by atoms with van der Waals surface area (Å²) in [6.07, 6.45) is 2.46. The number of likely N-dealkylation sites (tertiary alicyclic amines) is 1. The summed E-state index contributed by atoms with van der Waals surface area (Å²) < 4.78 is 13.1. The van der Waals surface area contributed by atoms with Gasteiger partial charge in [0.05, 0.1) is 0 Å². The minimum Gasteiger partial charge on any atom is -0.480 e. The molecule has 1 aromatic carbocycles. The zero-order valence-electron chi connectivity index (χ0n) is 12.1. The highest BCUT2D eigenvalue weighted by Gasteiger charge is 2.35. The molecular formula is C16H20FNO3. The Bertz CT molecular complexity index is 532. The van der Waals surface area contributed by atoms with E-state index in [1.807, 2.05) is 6.07 Å². The fourth-order valence-corrected chi connectivity index (χ4v) is 2.77. The average molecular weight is 293 g/mol. The molecule has 1 N–H and O–H groups in total. The van der Waals surface area contributed by atoms with Crippen LogP contribution in [0.2, 0.25) is 0 Å². The molecular weight excluding hydrogens is 273 g/mol. The van der Waals surface area contributed by atoms with Crippen LogP contribution in [0.4, 0.5) is 4.39 Å². The van der Waals surface area contributed by atoms with Gasteiger partial charge >= 0.3 is 5.97 Å². The number of carbonyl (C=O) groups is 2. The van der Waals surface area contributed by atoms with Crippen LogP contribution in [0.5, 0.6) is 0 Å². The van der Waals surface area contributed by atoms with E-state index in [-0.39, 0.29) is 17.6 Å². The molecule has 4 nitrogen and oxygen atoms in total. The SMILES string of the molecule is C[C@H](CCc1cccc(F)c1)C(=O)N1CCC[C@H]1C(=O)O. The van der Waals surface area contributed by atoms with Crippen molar-refractivity contribution in [2.24, 2.45) is 5.92 Å². The molecule has 0 aliphatic carbocycles. The summed E-state index contributed by atoms with van der Waals surface area (Å²) in [6, 6.07) is 5.65. The lowest BCUT2D eigenvalue weighted by Crippen LogP contribution is -2.43. The number of amides is 1. The monoisotopic (exact) mass is 293 g/mol. The molecule has 0 aromatic heterocycles. The molecule has 1 amide bonds. The predicted octanol–water partition coefficient (Wildman–Crippen LogP) is 2.47. The summed E-state index contributed by atoms with van der Waals surface area (Å²) in [6.45, 7) is 2.32. The van der Waals surface area contributed by atoms with Crippen molar-refractivity contribution in [3.05, 3.63) is 35.6 Å². The quantitative estimate of drug-likeness (QED) is 0.907. The molecule has 2 atom stereocenters. The molecule has 0 unspecified atom stereocenters. The Morgan fingerprint density at radius 2 is 2.24 bits per heavy atom. The predicted molar refractivity (Wildman–Crippen MR) is 76.3 cm³/mol. The Morgan fingerprint density at radius 3 is 2.90 bits per heavy atom. The number of nitrogens with zero attached hydrogens (tertiary/aromatic N) is 1. The maximum Gasteiger partial charge on any atom is 0.326 e. The van der Waals surface area contributed by atoms with Gasteiger partial charge in [0.2, 0.25) is 5.91 Å². The van der Waals surface area contributed by atoms with Crippen molar-refractivity contribution in [2.45, 2.75) is 38.6 Å². The Morgan fingerprint density at radius 1 is 1.48 bits per heavy atom. The summed E-state index contributed by atoms with van der Waals surface area (Å²) in [5, 5.41) is 9.12. The number of aliphatic carboxylic acids is 1. The average Bonchev–Trinajstić information content (AvgIpc) is 2.93. The molecule has 114 valence electrons. The number of carboxylic acid groups (broad SMARTS) is 1. The van der Waals surface area contributed by atoms with E-state index < -0.39 is 12.0 Å². The molecule has 0 saturated carbocycles. The number of hydrogen-bond acceptors (Lipinski definition) is 2. The van der Waals surface area contributed by atoms with Crippen molar-refractivity contribution in [1.29, 1.82) is 0 Å². The van der Waals surface area contributed by atoms with Gasteiger partial charge in [-0.05, 0) is 43.4 Å². The summed E-state index contributed by atoms with van der Waals surface area (Å²) in [5.41, 5.74) is 0.853. The van der Waals surface area contributed by atoms with E-state index in [2.05, 4.69) is 0 Å². The summed E-state index contributed by atoms with van der Waals surface area (Å²) in [5.74, 6) is -1.58. The van der Waals surface area contributed by atoms with Crippen molar-refractivity contribution in [2.75, 3.05) is 6.54 Å². The lowest BCUT2D eigenvalue weighted by atomic mass is 9.99. The van der Waals surface area contributed by atoms with Gasteiger partial charge in [0, 0.05) is 12.5 Å². The van der Waals surface area contributed by atoms with Crippen molar-refractivity contribution >= 4 is 11.9 Å². The van der Waals surface area contributed by atoms with Gasteiger partial charge in [-0.15, -0.1) is 0 Å². The van der Waals surface area contributed by atoms with Crippen LogP contribution in [0.15, 0.2) is 24.3 Å². The summed E-state index contributed by atoms with van der Waals surface area (Å²) in [7, 11) is 0. The minimum atomic E-state index is -0.932. The van der Waals surface area contributed by atoms with E-state index in [0.717, 1.165) is 12.0 Å². The van der Waals surface area contributed by atoms with Crippen molar-refractivity contribution < 1.29 is 19.1 Å². The number of halogens is 1. The zero-order valence-corrected chi connectivity index (χ0v) is 12.1. The maximum absolute atomic E-state index is 13.1. The maximum atomic E-state index is 13.1. The lowest BCUT2D eigenvalue weighted by Gasteiger charge is -2.24. The first kappa shape index (κ1) is 15.5. The molecule has 1 heterocycles. The molecule has 1 aromatic rings. The van der Waals surface area contributed by atoms with Gasteiger partial charge in [0.15, 0.2) is 0 Å². The molecule has 2 rings (SSSR count). The van der Waals surface area contributed by atoms with Crippen LogP contribution >= 0.6 is 0 Å². The normalized spacial score (nSPS) is 19.5. The van der Waals surface area contributed by atoms with Crippen molar-refractivity contribution in [3.8, 4) is 0 Å². The van der Waals surface area contributed by atoms with E-state index in [0.29, 0.717) is 25.8 Å². The van der Waals surface area contributed by atoms with E-state index in [4.69, 9.17) is 5.11 Å². The van der Waals surface area contributed by atoms with Crippen LogP contribution in [0.25, 0.3) is 0 Å². The van der Waals surface area contributed by atoms with Crippen LogP contribution < -0.4 is 0 Å². The Kier molecular flexibility index (Phi) is 4.94. The first-order chi connectivity index (χ1) is 9.99. The van der Waals surface area contributed by atoms with Gasteiger partial charge < -0.3 is 10.0 Å². The highest BCUT2D eigenvalue weighted by Crippen LogP contribution is 2.22. The second kappa shape index (κ2) is 6.70. The number of carbonyl (C=O) groups excluding carboxylic acids is 1. The standard InChI is InChI=1S/C16H20FNO3/c1-11(7-8-12-4-2-5-13(17)10-12)15(19)18-9-3-6-14(18)16(20)21/h2,4-5,10-11,14H,3,6-9H2,1H3,(H,20,21)/t11-,14+/m1/s1. The lowest BCUT2D eigenvalue weighted by molar-refractivity contribution is -0.149. The highest BCUT2D eigenvalue weighted by atomic mass is 19.1. The third-order valence-electron chi connectivity index (χ3n) is 4.00. The van der Waals surface area contributed by atoms with Crippen LogP contribution in [0.3, 0.4) is 0 Å². The van der Waals surface area contributed by atoms with E-state index >= 15 is 0 Å². The highest BCUT2D eigenvalue weighted by molar-refractivity contribution is 5.85. The molecule has 0 bridgehead atoms. The van der Waals surface area contributed by atoms with Gasteiger partial charge in [-0.3, -0.25) is 4.79 Å². The topological polar surface area (TPSA) is 57.6 Å². The molecule has 1 aliphatic heterocycles. The molecule has 0 spiro atoms. The minimum absolute atomic E-state index is 0.115. The number of aryl methyl sites for hydroxylation is 1. The van der Waals surface area contributed by atoms with Gasteiger partial charge in [0.1, 0.15) is 11.9 Å². The first-order valence-corrected chi connectivity index (χ1v) is 7.26. The number of carboxylic acids is 1.